The molecule has 2 saturated carbocycles. The van der Waals surface area contributed by atoms with Crippen LogP contribution in [0.4, 0.5) is 4.79 Å². The minimum Gasteiger partial charge on any atom is -0.340 e. The maximum atomic E-state index is 12.5. The number of hydrogen-bond acceptors (Lipinski definition) is 5. The van der Waals surface area contributed by atoms with Crippen LogP contribution in [-0.2, 0) is 5.54 Å². The molecule has 1 heterocycles. The molecule has 7 heteroatoms. The fourth-order valence-corrected chi connectivity index (χ4v) is 4.61. The van der Waals surface area contributed by atoms with Crippen LogP contribution in [0.5, 0.6) is 0 Å². The van der Waals surface area contributed by atoms with Gasteiger partial charge in [0.15, 0.2) is 5.82 Å². The van der Waals surface area contributed by atoms with Crippen LogP contribution >= 0.6 is 11.8 Å². The topological polar surface area (TPSA) is 80.0 Å². The van der Waals surface area contributed by atoms with Gasteiger partial charge in [-0.1, -0.05) is 24.4 Å². The van der Waals surface area contributed by atoms with Crippen molar-refractivity contribution in [3.63, 3.8) is 0 Å². The number of nitrogens with zero attached hydrogens (tertiary/aromatic N) is 2. The van der Waals surface area contributed by atoms with Gasteiger partial charge in [-0.3, -0.25) is 0 Å². The number of rotatable bonds is 4. The van der Waals surface area contributed by atoms with Crippen molar-refractivity contribution in [1.82, 2.24) is 20.8 Å². The van der Waals surface area contributed by atoms with Gasteiger partial charge in [0.1, 0.15) is 5.54 Å². The van der Waals surface area contributed by atoms with Gasteiger partial charge in [0.05, 0.1) is 0 Å². The van der Waals surface area contributed by atoms with Gasteiger partial charge in [-0.15, -0.1) is 0 Å². The molecular weight excluding hydrogens is 300 g/mol. The van der Waals surface area contributed by atoms with Crippen LogP contribution in [-0.4, -0.2) is 33.7 Å². The molecule has 3 rings (SSSR count). The highest BCUT2D eigenvalue weighted by Gasteiger charge is 2.42. The number of aryl methyl sites for hydroxylation is 1. The number of nitrogens with one attached hydrogen (secondary N) is 2. The van der Waals surface area contributed by atoms with Crippen molar-refractivity contribution in [2.75, 3.05) is 6.26 Å². The van der Waals surface area contributed by atoms with E-state index < -0.39 is 5.54 Å². The Bertz CT molecular complexity index is 527. The molecule has 22 heavy (non-hydrogen) atoms. The number of thioether (sulfide) groups is 1. The van der Waals surface area contributed by atoms with Crippen molar-refractivity contribution < 1.29 is 9.32 Å². The average Bonchev–Trinajstić information content (AvgIpc) is 3.20. The molecule has 2 fully saturated rings. The number of urea groups is 1. The summed E-state index contributed by atoms with van der Waals surface area (Å²) in [6.45, 7) is 1.78. The van der Waals surface area contributed by atoms with Crippen LogP contribution in [0, 0.1) is 6.92 Å². The van der Waals surface area contributed by atoms with E-state index in [1.807, 2.05) is 11.8 Å². The van der Waals surface area contributed by atoms with Gasteiger partial charge >= 0.3 is 6.03 Å². The first-order valence-corrected chi connectivity index (χ1v) is 9.34. The van der Waals surface area contributed by atoms with Crippen LogP contribution in [0.25, 0.3) is 0 Å². The van der Waals surface area contributed by atoms with Gasteiger partial charge in [0, 0.05) is 18.2 Å². The number of amides is 2. The first-order chi connectivity index (χ1) is 10.6. The van der Waals surface area contributed by atoms with E-state index in [1.165, 1.54) is 12.8 Å². The molecule has 1 aromatic heterocycles. The van der Waals surface area contributed by atoms with Crippen LogP contribution in [0.1, 0.15) is 56.7 Å². The zero-order valence-electron chi connectivity index (χ0n) is 13.2. The van der Waals surface area contributed by atoms with Crippen molar-refractivity contribution in [1.29, 1.82) is 0 Å². The summed E-state index contributed by atoms with van der Waals surface area (Å²) in [6.07, 6.45) is 9.44. The smallest absolute Gasteiger partial charge is 0.315 e. The molecule has 122 valence electrons. The third kappa shape index (κ3) is 3.09. The minimum atomic E-state index is -0.463. The summed E-state index contributed by atoms with van der Waals surface area (Å²) >= 11 is 1.84. The highest BCUT2D eigenvalue weighted by atomic mass is 32.2. The second-order valence-corrected chi connectivity index (χ2v) is 7.41. The zero-order valence-corrected chi connectivity index (χ0v) is 14.0. The van der Waals surface area contributed by atoms with Crippen molar-refractivity contribution in [3.05, 3.63) is 11.7 Å². The third-order valence-electron chi connectivity index (χ3n) is 4.84. The van der Waals surface area contributed by atoms with Crippen LogP contribution in [0.15, 0.2) is 4.52 Å². The summed E-state index contributed by atoms with van der Waals surface area (Å²) in [5.74, 6) is 1.16. The summed E-state index contributed by atoms with van der Waals surface area (Å²) in [5.41, 5.74) is -0.463. The van der Waals surface area contributed by atoms with E-state index in [2.05, 4.69) is 27.0 Å². The van der Waals surface area contributed by atoms with E-state index in [0.29, 0.717) is 17.0 Å². The number of carbonyl (C=O) groups is 1. The van der Waals surface area contributed by atoms with Crippen molar-refractivity contribution in [2.24, 2.45) is 0 Å². The quantitative estimate of drug-likeness (QED) is 0.890. The number of aromatic nitrogens is 2. The summed E-state index contributed by atoms with van der Waals surface area (Å²) in [5, 5.41) is 10.9. The van der Waals surface area contributed by atoms with Crippen LogP contribution in [0.3, 0.4) is 0 Å². The fraction of sp³-hybridized carbons (Fsp3) is 0.800. The van der Waals surface area contributed by atoms with Gasteiger partial charge in [0.2, 0.25) is 5.89 Å². The molecule has 2 atom stereocenters. The molecule has 2 N–H and O–H groups in total. The summed E-state index contributed by atoms with van der Waals surface area (Å²) in [4.78, 5) is 16.8. The SMILES string of the molecule is CS[C@@H]1CCC[C@H]1NC(=O)NC1(c2noc(C)n2)CCCC1. The fourth-order valence-electron chi connectivity index (χ4n) is 3.67. The van der Waals surface area contributed by atoms with E-state index in [4.69, 9.17) is 4.52 Å². The molecule has 0 unspecified atom stereocenters. The van der Waals surface area contributed by atoms with Crippen molar-refractivity contribution in [3.8, 4) is 0 Å². The summed E-state index contributed by atoms with van der Waals surface area (Å²) in [6, 6.07) is 0.163. The van der Waals surface area contributed by atoms with E-state index in [-0.39, 0.29) is 12.1 Å². The molecule has 0 radical (unpaired) electrons. The Morgan fingerprint density at radius 3 is 2.73 bits per heavy atom. The lowest BCUT2D eigenvalue weighted by Gasteiger charge is -2.28. The molecule has 2 aliphatic carbocycles. The zero-order chi connectivity index (χ0) is 15.6. The largest absolute Gasteiger partial charge is 0.340 e. The third-order valence-corrected chi connectivity index (χ3v) is 6.01. The van der Waals surface area contributed by atoms with Crippen molar-refractivity contribution >= 4 is 17.8 Å². The van der Waals surface area contributed by atoms with E-state index in [9.17, 15) is 4.79 Å². The normalized spacial score (nSPS) is 27.0. The first-order valence-electron chi connectivity index (χ1n) is 8.05. The molecule has 1 aromatic rings. The Morgan fingerprint density at radius 1 is 1.32 bits per heavy atom. The Balaban J connectivity index is 1.67. The maximum Gasteiger partial charge on any atom is 0.315 e. The van der Waals surface area contributed by atoms with Crippen LogP contribution < -0.4 is 10.6 Å². The molecule has 0 bridgehead atoms. The lowest BCUT2D eigenvalue weighted by Crippen LogP contribution is -2.52. The molecule has 6 nitrogen and oxygen atoms in total. The van der Waals surface area contributed by atoms with E-state index >= 15 is 0 Å². The molecule has 0 spiro atoms. The number of hydrogen-bond donors (Lipinski definition) is 2. The number of carbonyl (C=O) groups excluding carboxylic acids is 1. The Labute approximate surface area is 135 Å². The maximum absolute atomic E-state index is 12.5. The van der Waals surface area contributed by atoms with E-state index in [0.717, 1.165) is 32.1 Å². The molecule has 2 amide bonds. The van der Waals surface area contributed by atoms with Gasteiger partial charge in [0.25, 0.3) is 0 Å². The van der Waals surface area contributed by atoms with Gasteiger partial charge in [-0.25, -0.2) is 4.79 Å². The Kier molecular flexibility index (Phi) is 4.61. The minimum absolute atomic E-state index is 0.102. The average molecular weight is 324 g/mol. The second-order valence-electron chi connectivity index (χ2n) is 6.34. The molecule has 0 aliphatic heterocycles. The Morgan fingerprint density at radius 2 is 2.09 bits per heavy atom. The predicted octanol–water partition coefficient (Wildman–Crippen LogP) is 2.73. The second kappa shape index (κ2) is 6.48. The molecule has 0 saturated heterocycles. The summed E-state index contributed by atoms with van der Waals surface area (Å²) in [7, 11) is 0. The van der Waals surface area contributed by atoms with E-state index in [1.54, 1.807) is 6.92 Å². The van der Waals surface area contributed by atoms with Crippen molar-refractivity contribution in [2.45, 2.75) is 68.7 Å². The lowest BCUT2D eigenvalue weighted by atomic mass is 9.97. The lowest BCUT2D eigenvalue weighted by molar-refractivity contribution is 0.217. The Hall–Kier alpha value is -1.24. The molecular formula is C15H24N4O2S. The highest BCUT2D eigenvalue weighted by molar-refractivity contribution is 7.99. The van der Waals surface area contributed by atoms with Gasteiger partial charge in [-0.05, 0) is 31.9 Å². The first kappa shape index (κ1) is 15.6. The van der Waals surface area contributed by atoms with Crippen LogP contribution in [0.2, 0.25) is 0 Å². The van der Waals surface area contributed by atoms with Gasteiger partial charge in [-0.2, -0.15) is 16.7 Å². The monoisotopic (exact) mass is 324 g/mol. The summed E-state index contributed by atoms with van der Waals surface area (Å²) < 4.78 is 5.12. The molecule has 2 aliphatic rings. The standard InChI is InChI=1S/C15H24N4O2S/c1-10-16-13(19-21-10)15(8-3-4-9-15)18-14(20)17-11-6-5-7-12(11)22-2/h11-12H,3-9H2,1-2H3,(H2,17,18,20)/t11-,12-/m1/s1. The highest BCUT2D eigenvalue weighted by Crippen LogP contribution is 2.37. The van der Waals surface area contributed by atoms with Gasteiger partial charge < -0.3 is 15.2 Å². The predicted molar refractivity (Wildman–Crippen MR) is 85.8 cm³/mol. The molecule has 0 aromatic carbocycles.